The number of hydrogen-bond donors (Lipinski definition) is 1. The monoisotopic (exact) mass is 584 g/mol. The van der Waals surface area contributed by atoms with E-state index in [1.807, 2.05) is 18.2 Å². The Kier molecular flexibility index (Phi) is 9.29. The third kappa shape index (κ3) is 6.59. The van der Waals surface area contributed by atoms with Gasteiger partial charge in [-0.25, -0.2) is 4.39 Å². The van der Waals surface area contributed by atoms with E-state index >= 15 is 0 Å². The molecule has 1 saturated carbocycles. The number of carbonyl (C=O) groups excluding carboxylic acids is 2. The standard InChI is InChI=1S/C32H38ClFN2O5/c1-2-22-17-21(5-12-28(22)41-16-15-36-29(37)13-14-30(36)38)19-35(18-20-3-6-23(7-4-20)32(39)40)27-11-9-25-24(27)8-10-26(33)31(25)34/h5,8,10,12,17,20,23,27H,2-4,6-7,9,11,13-16,18-19H2,1H3,(H,39,40)/t20?,23?,27-/m0/s1. The maximum Gasteiger partial charge on any atom is 0.306 e. The summed E-state index contributed by atoms with van der Waals surface area (Å²) in [7, 11) is 0. The molecule has 2 aromatic carbocycles. The number of carbonyl (C=O) groups is 3. The largest absolute Gasteiger partial charge is 0.491 e. The molecule has 9 heteroatoms. The molecule has 2 aromatic rings. The second kappa shape index (κ2) is 12.9. The average Bonchev–Trinajstić information content (AvgIpc) is 3.54. The van der Waals surface area contributed by atoms with Gasteiger partial charge in [0.1, 0.15) is 18.2 Å². The van der Waals surface area contributed by atoms with Crippen LogP contribution >= 0.6 is 11.6 Å². The molecule has 1 N–H and O–H groups in total. The first-order valence-electron chi connectivity index (χ1n) is 14.8. The van der Waals surface area contributed by atoms with Crippen molar-refractivity contribution in [3.05, 3.63) is 63.4 Å². The van der Waals surface area contributed by atoms with Gasteiger partial charge in [-0.3, -0.25) is 24.2 Å². The van der Waals surface area contributed by atoms with E-state index in [0.29, 0.717) is 37.3 Å². The molecule has 2 amide bonds. The van der Waals surface area contributed by atoms with Crippen LogP contribution in [0.25, 0.3) is 0 Å². The van der Waals surface area contributed by atoms with E-state index in [2.05, 4.69) is 17.9 Å². The molecule has 1 heterocycles. The molecule has 7 nitrogen and oxygen atoms in total. The minimum absolute atomic E-state index is 0.0607. The lowest BCUT2D eigenvalue weighted by Gasteiger charge is -2.35. The molecular formula is C32H38ClFN2O5. The summed E-state index contributed by atoms with van der Waals surface area (Å²) in [6.07, 6.45) is 5.90. The fraction of sp³-hybridized carbons (Fsp3) is 0.531. The van der Waals surface area contributed by atoms with E-state index < -0.39 is 5.97 Å². The van der Waals surface area contributed by atoms with Crippen LogP contribution in [0.15, 0.2) is 30.3 Å². The second-order valence-electron chi connectivity index (χ2n) is 11.6. The number of carboxylic acid groups (broad SMARTS) is 1. The highest BCUT2D eigenvalue weighted by molar-refractivity contribution is 6.30. The Labute approximate surface area is 245 Å². The number of benzene rings is 2. The van der Waals surface area contributed by atoms with Gasteiger partial charge in [0.2, 0.25) is 11.8 Å². The molecule has 0 spiro atoms. The summed E-state index contributed by atoms with van der Waals surface area (Å²) in [6.45, 7) is 4.07. The summed E-state index contributed by atoms with van der Waals surface area (Å²) in [4.78, 5) is 39.0. The van der Waals surface area contributed by atoms with Crippen molar-refractivity contribution < 1.29 is 28.6 Å². The number of ether oxygens (including phenoxy) is 1. The first kappa shape index (κ1) is 29.5. The maximum atomic E-state index is 14.9. The lowest BCUT2D eigenvalue weighted by atomic mass is 9.81. The van der Waals surface area contributed by atoms with Crippen LogP contribution in [0.4, 0.5) is 4.39 Å². The molecular weight excluding hydrogens is 547 g/mol. The number of carboxylic acids is 1. The zero-order valence-corrected chi connectivity index (χ0v) is 24.3. The Morgan fingerprint density at radius 3 is 2.49 bits per heavy atom. The summed E-state index contributed by atoms with van der Waals surface area (Å²) in [5, 5.41) is 9.59. The topological polar surface area (TPSA) is 87.2 Å². The van der Waals surface area contributed by atoms with Gasteiger partial charge in [0.25, 0.3) is 0 Å². The fourth-order valence-corrected chi connectivity index (χ4v) is 6.89. The van der Waals surface area contributed by atoms with Crippen molar-refractivity contribution in [2.75, 3.05) is 19.7 Å². The molecule has 5 rings (SSSR count). The summed E-state index contributed by atoms with van der Waals surface area (Å²) >= 11 is 6.10. The number of fused-ring (bicyclic) bond motifs is 1. The highest BCUT2D eigenvalue weighted by Gasteiger charge is 2.34. The Hall–Kier alpha value is -2.97. The average molecular weight is 585 g/mol. The molecule has 0 aromatic heterocycles. The van der Waals surface area contributed by atoms with Crippen molar-refractivity contribution in [1.29, 1.82) is 0 Å². The van der Waals surface area contributed by atoms with Crippen LogP contribution in [0.1, 0.15) is 80.2 Å². The van der Waals surface area contributed by atoms with Crippen LogP contribution in [0.2, 0.25) is 5.02 Å². The normalized spacial score (nSPS) is 22.4. The predicted molar refractivity (Wildman–Crippen MR) is 153 cm³/mol. The zero-order valence-electron chi connectivity index (χ0n) is 23.5. The SMILES string of the molecule is CCc1cc(CN(CC2CCC(C(=O)O)CC2)[C@H]2CCc3c2ccc(Cl)c3F)ccc1OCCN1C(=O)CCC1=O. The van der Waals surface area contributed by atoms with Crippen LogP contribution in [-0.2, 0) is 33.8 Å². The minimum Gasteiger partial charge on any atom is -0.491 e. The fourth-order valence-electron chi connectivity index (χ4n) is 6.72. The zero-order chi connectivity index (χ0) is 29.1. The van der Waals surface area contributed by atoms with Gasteiger partial charge in [0.15, 0.2) is 0 Å². The molecule has 1 saturated heterocycles. The third-order valence-electron chi connectivity index (χ3n) is 9.01. The van der Waals surface area contributed by atoms with Crippen LogP contribution in [-0.4, -0.2) is 52.4 Å². The van der Waals surface area contributed by atoms with Gasteiger partial charge in [-0.2, -0.15) is 0 Å². The molecule has 1 atom stereocenters. The lowest BCUT2D eigenvalue weighted by molar-refractivity contribution is -0.143. The lowest BCUT2D eigenvalue weighted by Crippen LogP contribution is -2.34. The van der Waals surface area contributed by atoms with E-state index in [-0.39, 0.29) is 60.6 Å². The van der Waals surface area contributed by atoms with Crippen molar-refractivity contribution in [3.8, 4) is 5.75 Å². The van der Waals surface area contributed by atoms with Crippen LogP contribution in [0, 0.1) is 17.7 Å². The summed E-state index contributed by atoms with van der Waals surface area (Å²) < 4.78 is 20.9. The van der Waals surface area contributed by atoms with Crippen molar-refractivity contribution >= 4 is 29.4 Å². The first-order valence-corrected chi connectivity index (χ1v) is 15.1. The number of likely N-dealkylation sites (tertiary alicyclic amines) is 1. The van der Waals surface area contributed by atoms with Crippen LogP contribution < -0.4 is 4.74 Å². The van der Waals surface area contributed by atoms with Crippen LogP contribution in [0.3, 0.4) is 0 Å². The van der Waals surface area contributed by atoms with Gasteiger partial charge in [-0.15, -0.1) is 0 Å². The Bertz CT molecular complexity index is 1290. The number of aliphatic carboxylic acids is 1. The first-order chi connectivity index (χ1) is 19.7. The van der Waals surface area contributed by atoms with Crippen molar-refractivity contribution in [2.45, 2.75) is 77.3 Å². The number of halogens is 2. The highest BCUT2D eigenvalue weighted by Crippen LogP contribution is 2.41. The summed E-state index contributed by atoms with van der Waals surface area (Å²) in [5.74, 6) is -0.433. The second-order valence-corrected chi connectivity index (χ2v) is 12.0. The molecule has 2 aliphatic carbocycles. The molecule has 0 radical (unpaired) electrons. The van der Waals surface area contributed by atoms with E-state index in [1.165, 1.54) is 4.90 Å². The van der Waals surface area contributed by atoms with E-state index in [0.717, 1.165) is 54.7 Å². The molecule has 1 aliphatic heterocycles. The Morgan fingerprint density at radius 1 is 1.07 bits per heavy atom. The van der Waals surface area contributed by atoms with E-state index in [1.54, 1.807) is 6.07 Å². The van der Waals surface area contributed by atoms with Crippen LogP contribution in [0.5, 0.6) is 5.75 Å². The highest BCUT2D eigenvalue weighted by atomic mass is 35.5. The Balaban J connectivity index is 1.31. The quantitative estimate of drug-likeness (QED) is 0.329. The minimum atomic E-state index is -0.703. The van der Waals surface area contributed by atoms with Gasteiger partial charge in [-0.05, 0) is 85.3 Å². The third-order valence-corrected chi connectivity index (χ3v) is 9.30. The number of amides is 2. The molecule has 220 valence electrons. The van der Waals surface area contributed by atoms with Gasteiger partial charge >= 0.3 is 5.97 Å². The van der Waals surface area contributed by atoms with E-state index in [4.69, 9.17) is 16.3 Å². The van der Waals surface area contributed by atoms with Gasteiger partial charge in [0.05, 0.1) is 17.5 Å². The van der Waals surface area contributed by atoms with Gasteiger partial charge in [0, 0.05) is 32.0 Å². The number of nitrogens with zero attached hydrogens (tertiary/aromatic N) is 2. The van der Waals surface area contributed by atoms with E-state index in [9.17, 15) is 23.9 Å². The summed E-state index contributed by atoms with van der Waals surface area (Å²) in [5.41, 5.74) is 3.87. The summed E-state index contributed by atoms with van der Waals surface area (Å²) in [6, 6.07) is 9.82. The molecule has 0 unspecified atom stereocenters. The van der Waals surface area contributed by atoms with Gasteiger partial charge in [-0.1, -0.05) is 36.7 Å². The number of aryl methyl sites for hydroxylation is 1. The Morgan fingerprint density at radius 2 is 1.80 bits per heavy atom. The molecule has 0 bridgehead atoms. The maximum absolute atomic E-state index is 14.9. The number of rotatable bonds is 11. The molecule has 3 aliphatic rings. The molecule has 41 heavy (non-hydrogen) atoms. The van der Waals surface area contributed by atoms with Crippen molar-refractivity contribution in [2.24, 2.45) is 11.8 Å². The number of hydrogen-bond acceptors (Lipinski definition) is 5. The smallest absolute Gasteiger partial charge is 0.306 e. The van der Waals surface area contributed by atoms with Gasteiger partial charge < -0.3 is 9.84 Å². The number of imide groups is 1. The molecule has 2 fully saturated rings. The predicted octanol–water partition coefficient (Wildman–Crippen LogP) is 5.95. The van der Waals surface area contributed by atoms with Crippen molar-refractivity contribution in [3.63, 3.8) is 0 Å². The van der Waals surface area contributed by atoms with Crippen molar-refractivity contribution in [1.82, 2.24) is 9.80 Å².